The van der Waals surface area contributed by atoms with E-state index in [0.717, 1.165) is 16.9 Å². The quantitative estimate of drug-likeness (QED) is 0.628. The molecule has 156 valence electrons. The lowest BCUT2D eigenvalue weighted by molar-refractivity contribution is -0.116. The molecular weight excluding hydrogens is 392 g/mol. The molecule has 0 radical (unpaired) electrons. The van der Waals surface area contributed by atoms with Crippen molar-refractivity contribution in [1.29, 1.82) is 0 Å². The number of rotatable bonds is 9. The molecule has 6 nitrogen and oxygen atoms in total. The number of carbonyl (C=O) groups excluding carboxylic acids is 1. The number of ether oxygens (including phenoxy) is 3. The van der Waals surface area contributed by atoms with Gasteiger partial charge in [0.05, 0.1) is 32.4 Å². The molecule has 29 heavy (non-hydrogen) atoms. The first-order valence-corrected chi connectivity index (χ1v) is 9.45. The highest BCUT2D eigenvalue weighted by Crippen LogP contribution is 2.36. The minimum atomic E-state index is -0.203. The zero-order chi connectivity index (χ0) is 21.4. The van der Waals surface area contributed by atoms with Gasteiger partial charge in [0.25, 0.3) is 0 Å². The van der Waals surface area contributed by atoms with E-state index in [1.165, 1.54) is 20.3 Å². The summed E-state index contributed by atoms with van der Waals surface area (Å²) in [6.07, 6.45) is 3.15. The molecule has 0 saturated heterocycles. The van der Waals surface area contributed by atoms with Crippen LogP contribution in [-0.4, -0.2) is 52.8 Å². The summed E-state index contributed by atoms with van der Waals surface area (Å²) in [6, 6.07) is 11.3. The summed E-state index contributed by atoms with van der Waals surface area (Å²) < 4.78 is 15.8. The number of halogens is 1. The maximum Gasteiger partial charge on any atom is 0.244 e. The van der Waals surface area contributed by atoms with Gasteiger partial charge < -0.3 is 24.4 Å². The Morgan fingerprint density at radius 3 is 2.52 bits per heavy atom. The standard InChI is InChI=1S/C22H27ClN2O4/c1-25(2)19(16-7-6-8-17(13-16)27-3)14-24-21(26)10-9-15-11-18(23)22(29-5)20(12-15)28-4/h6-13,19H,14H2,1-5H3,(H,24,26)/b10-9+. The van der Waals surface area contributed by atoms with Gasteiger partial charge in [-0.1, -0.05) is 23.7 Å². The van der Waals surface area contributed by atoms with Crippen LogP contribution in [0, 0.1) is 0 Å². The van der Waals surface area contributed by atoms with Crippen molar-refractivity contribution in [2.24, 2.45) is 0 Å². The predicted molar refractivity (Wildman–Crippen MR) is 116 cm³/mol. The van der Waals surface area contributed by atoms with Crippen molar-refractivity contribution in [2.45, 2.75) is 6.04 Å². The molecule has 0 aliphatic heterocycles. The largest absolute Gasteiger partial charge is 0.497 e. The third kappa shape index (κ3) is 6.14. The van der Waals surface area contributed by atoms with E-state index in [1.807, 2.05) is 43.3 Å². The van der Waals surface area contributed by atoms with Crippen LogP contribution in [0.25, 0.3) is 6.08 Å². The number of hydrogen-bond acceptors (Lipinski definition) is 5. The molecule has 0 aromatic heterocycles. The SMILES string of the molecule is COc1cccc(C(CNC(=O)/C=C/c2cc(Cl)c(OC)c(OC)c2)N(C)C)c1. The zero-order valence-corrected chi connectivity index (χ0v) is 18.1. The molecule has 1 unspecified atom stereocenters. The Kier molecular flexibility index (Phi) is 8.36. The molecule has 2 aromatic rings. The predicted octanol–water partition coefficient (Wildman–Crippen LogP) is 3.80. The average Bonchev–Trinajstić information content (AvgIpc) is 2.71. The topological polar surface area (TPSA) is 60.0 Å². The first-order chi connectivity index (χ1) is 13.9. The van der Waals surface area contributed by atoms with Crippen LogP contribution >= 0.6 is 11.6 Å². The van der Waals surface area contributed by atoms with E-state index in [-0.39, 0.29) is 11.9 Å². The van der Waals surface area contributed by atoms with Gasteiger partial charge in [0.15, 0.2) is 11.5 Å². The van der Waals surface area contributed by atoms with Crippen molar-refractivity contribution < 1.29 is 19.0 Å². The second kappa shape index (κ2) is 10.7. The van der Waals surface area contributed by atoms with E-state index in [2.05, 4.69) is 5.32 Å². The van der Waals surface area contributed by atoms with Gasteiger partial charge in [0.1, 0.15) is 5.75 Å². The highest BCUT2D eigenvalue weighted by molar-refractivity contribution is 6.32. The molecular formula is C22H27ClN2O4. The fraction of sp³-hybridized carbons (Fsp3) is 0.318. The lowest BCUT2D eigenvalue weighted by atomic mass is 10.1. The monoisotopic (exact) mass is 418 g/mol. The van der Waals surface area contributed by atoms with Crippen molar-refractivity contribution in [2.75, 3.05) is 42.0 Å². The second-order valence-electron chi connectivity index (χ2n) is 6.57. The molecule has 0 spiro atoms. The maximum atomic E-state index is 12.3. The Bertz CT molecular complexity index is 868. The molecule has 1 atom stereocenters. The molecule has 0 bridgehead atoms. The minimum absolute atomic E-state index is 0.0120. The number of hydrogen-bond donors (Lipinski definition) is 1. The van der Waals surface area contributed by atoms with Crippen molar-refractivity contribution in [3.05, 3.63) is 58.6 Å². The summed E-state index contributed by atoms with van der Waals surface area (Å²) in [7, 11) is 8.64. The Morgan fingerprint density at radius 1 is 1.14 bits per heavy atom. The Balaban J connectivity index is 2.06. The van der Waals surface area contributed by atoms with Crippen LogP contribution in [-0.2, 0) is 4.79 Å². The van der Waals surface area contributed by atoms with Gasteiger partial charge in [0.2, 0.25) is 5.91 Å². The normalized spacial score (nSPS) is 12.1. The van der Waals surface area contributed by atoms with Gasteiger partial charge in [-0.3, -0.25) is 4.79 Å². The van der Waals surface area contributed by atoms with E-state index in [1.54, 1.807) is 25.3 Å². The van der Waals surface area contributed by atoms with Crippen LogP contribution in [0.1, 0.15) is 17.2 Å². The fourth-order valence-corrected chi connectivity index (χ4v) is 3.21. The molecule has 0 aliphatic rings. The van der Waals surface area contributed by atoms with Gasteiger partial charge in [-0.25, -0.2) is 0 Å². The van der Waals surface area contributed by atoms with Gasteiger partial charge in [-0.05, 0) is 55.6 Å². The first kappa shape index (κ1) is 22.6. The number of amides is 1. The average molecular weight is 419 g/mol. The molecule has 1 N–H and O–H groups in total. The van der Waals surface area contributed by atoms with Crippen LogP contribution in [0.15, 0.2) is 42.5 Å². The van der Waals surface area contributed by atoms with Gasteiger partial charge in [0, 0.05) is 12.6 Å². The lowest BCUT2D eigenvalue weighted by Gasteiger charge is -2.25. The lowest BCUT2D eigenvalue weighted by Crippen LogP contribution is -2.33. The number of methoxy groups -OCH3 is 3. The minimum Gasteiger partial charge on any atom is -0.497 e. The highest BCUT2D eigenvalue weighted by atomic mass is 35.5. The zero-order valence-electron chi connectivity index (χ0n) is 17.4. The highest BCUT2D eigenvalue weighted by Gasteiger charge is 2.15. The van der Waals surface area contributed by atoms with E-state index < -0.39 is 0 Å². The summed E-state index contributed by atoms with van der Waals surface area (Å²) in [5, 5.41) is 3.35. The Morgan fingerprint density at radius 2 is 1.90 bits per heavy atom. The smallest absolute Gasteiger partial charge is 0.244 e. The first-order valence-electron chi connectivity index (χ1n) is 9.07. The number of nitrogens with zero attached hydrogens (tertiary/aromatic N) is 1. The van der Waals surface area contributed by atoms with Crippen LogP contribution in [0.3, 0.4) is 0 Å². The van der Waals surface area contributed by atoms with E-state index >= 15 is 0 Å². The van der Waals surface area contributed by atoms with Crippen molar-refractivity contribution >= 4 is 23.6 Å². The van der Waals surface area contributed by atoms with E-state index in [9.17, 15) is 4.79 Å². The molecule has 0 fully saturated rings. The van der Waals surface area contributed by atoms with Crippen LogP contribution in [0.5, 0.6) is 17.2 Å². The second-order valence-corrected chi connectivity index (χ2v) is 6.98. The summed E-state index contributed by atoms with van der Waals surface area (Å²) in [4.78, 5) is 14.4. The maximum absolute atomic E-state index is 12.3. The number of benzene rings is 2. The van der Waals surface area contributed by atoms with Crippen LogP contribution < -0.4 is 19.5 Å². The fourth-order valence-electron chi connectivity index (χ4n) is 2.91. The third-order valence-corrected chi connectivity index (χ3v) is 4.74. The molecule has 0 heterocycles. The van der Waals surface area contributed by atoms with Gasteiger partial charge >= 0.3 is 0 Å². The van der Waals surface area contributed by atoms with Crippen molar-refractivity contribution in [1.82, 2.24) is 10.2 Å². The molecule has 2 aromatic carbocycles. The third-order valence-electron chi connectivity index (χ3n) is 4.45. The number of carbonyl (C=O) groups is 1. The Labute approximate surface area is 177 Å². The van der Waals surface area contributed by atoms with Crippen molar-refractivity contribution in [3.8, 4) is 17.2 Å². The summed E-state index contributed by atoms with van der Waals surface area (Å²) >= 11 is 6.20. The molecule has 1 amide bonds. The Hall–Kier alpha value is -2.70. The number of nitrogens with one attached hydrogen (secondary N) is 1. The molecule has 0 aliphatic carbocycles. The summed E-state index contributed by atoms with van der Waals surface area (Å²) in [6.45, 7) is 0.454. The van der Waals surface area contributed by atoms with Crippen LogP contribution in [0.4, 0.5) is 0 Å². The van der Waals surface area contributed by atoms with Gasteiger partial charge in [-0.2, -0.15) is 0 Å². The number of likely N-dealkylation sites (N-methyl/N-ethyl adjacent to an activating group) is 1. The molecule has 2 rings (SSSR count). The molecule has 0 saturated carbocycles. The van der Waals surface area contributed by atoms with E-state index in [4.69, 9.17) is 25.8 Å². The van der Waals surface area contributed by atoms with Crippen molar-refractivity contribution in [3.63, 3.8) is 0 Å². The van der Waals surface area contributed by atoms with E-state index in [0.29, 0.717) is 23.1 Å². The van der Waals surface area contributed by atoms with Gasteiger partial charge in [-0.15, -0.1) is 0 Å². The van der Waals surface area contributed by atoms with Crippen LogP contribution in [0.2, 0.25) is 5.02 Å². The summed E-state index contributed by atoms with van der Waals surface area (Å²) in [5.41, 5.74) is 1.80. The summed E-state index contributed by atoms with van der Waals surface area (Å²) in [5.74, 6) is 1.55. The molecule has 7 heteroatoms.